The first-order chi connectivity index (χ1) is 14.4. The van der Waals surface area contributed by atoms with Crippen LogP contribution in [0.4, 0.5) is 0 Å². The van der Waals surface area contributed by atoms with Gasteiger partial charge in [-0.05, 0) is 38.3 Å². The molecule has 2 aromatic rings. The molecule has 4 nitrogen and oxygen atoms in total. The van der Waals surface area contributed by atoms with Crippen molar-refractivity contribution in [2.75, 3.05) is 12.3 Å². The second kappa shape index (κ2) is 12.4. The summed E-state index contributed by atoms with van der Waals surface area (Å²) < 4.78 is 0. The zero-order valence-electron chi connectivity index (χ0n) is 18.6. The predicted octanol–water partition coefficient (Wildman–Crippen LogP) is 4.87. The number of aryl methyl sites for hydroxylation is 2. The highest BCUT2D eigenvalue weighted by Gasteiger charge is 2.25. The van der Waals surface area contributed by atoms with Gasteiger partial charge in [0.05, 0.1) is 5.75 Å². The number of carbonyl (C=O) groups is 2. The topological polar surface area (TPSA) is 49.4 Å². The molecule has 0 spiro atoms. The van der Waals surface area contributed by atoms with Crippen molar-refractivity contribution in [3.63, 3.8) is 0 Å². The Balaban J connectivity index is 2.03. The molecule has 5 heteroatoms. The number of thioether (sulfide) groups is 1. The molecule has 1 N–H and O–H groups in total. The predicted molar refractivity (Wildman–Crippen MR) is 126 cm³/mol. The van der Waals surface area contributed by atoms with Crippen LogP contribution in [0.2, 0.25) is 0 Å². The van der Waals surface area contributed by atoms with Crippen LogP contribution in [0.25, 0.3) is 0 Å². The molecule has 2 aromatic carbocycles. The van der Waals surface area contributed by atoms with E-state index >= 15 is 0 Å². The molecule has 0 aliphatic rings. The summed E-state index contributed by atoms with van der Waals surface area (Å²) >= 11 is 1.59. The zero-order chi connectivity index (χ0) is 21.9. The van der Waals surface area contributed by atoms with E-state index in [1.807, 2.05) is 44.2 Å². The molecule has 0 radical (unpaired) electrons. The second-order valence-electron chi connectivity index (χ2n) is 7.81. The van der Waals surface area contributed by atoms with E-state index in [0.717, 1.165) is 24.2 Å². The van der Waals surface area contributed by atoms with E-state index in [1.54, 1.807) is 16.7 Å². The van der Waals surface area contributed by atoms with Crippen molar-refractivity contribution in [2.45, 2.75) is 58.9 Å². The number of nitrogens with zero attached hydrogens (tertiary/aromatic N) is 1. The number of hydrogen-bond donors (Lipinski definition) is 1. The first kappa shape index (κ1) is 24.0. The Bertz CT molecular complexity index is 820. The van der Waals surface area contributed by atoms with E-state index in [2.05, 4.69) is 37.4 Å². The molecule has 162 valence electrons. The van der Waals surface area contributed by atoms with Crippen LogP contribution in [0.1, 0.15) is 48.9 Å². The van der Waals surface area contributed by atoms with Gasteiger partial charge in [0.1, 0.15) is 6.04 Å². The molecule has 0 aliphatic heterocycles. The van der Waals surface area contributed by atoms with Gasteiger partial charge in [0.25, 0.3) is 0 Å². The number of unbranched alkanes of at least 4 members (excludes halogenated alkanes) is 1. The maximum absolute atomic E-state index is 13.1. The molecule has 0 saturated carbocycles. The van der Waals surface area contributed by atoms with Crippen LogP contribution < -0.4 is 5.32 Å². The SMILES string of the molecule is CCCCNC(=O)C(C)N(Cc1ccc(C)cc1)C(=O)CSCc1cccc(C)c1. The fourth-order valence-electron chi connectivity index (χ4n) is 3.15. The third-order valence-electron chi connectivity index (χ3n) is 5.05. The second-order valence-corrected chi connectivity index (χ2v) is 8.80. The van der Waals surface area contributed by atoms with Crippen molar-refractivity contribution >= 4 is 23.6 Å². The average molecular weight is 427 g/mol. The quantitative estimate of drug-likeness (QED) is 0.522. The molecule has 0 bridgehead atoms. The van der Waals surface area contributed by atoms with Gasteiger partial charge in [-0.2, -0.15) is 0 Å². The number of hydrogen-bond acceptors (Lipinski definition) is 3. The van der Waals surface area contributed by atoms with Crippen LogP contribution in [0.3, 0.4) is 0 Å². The van der Waals surface area contributed by atoms with Gasteiger partial charge in [-0.1, -0.05) is 73.0 Å². The molecule has 0 fully saturated rings. The summed E-state index contributed by atoms with van der Waals surface area (Å²) in [7, 11) is 0. The molecule has 0 aromatic heterocycles. The lowest BCUT2D eigenvalue weighted by Gasteiger charge is -2.29. The third-order valence-corrected chi connectivity index (χ3v) is 6.04. The highest BCUT2D eigenvalue weighted by atomic mass is 32.2. The van der Waals surface area contributed by atoms with E-state index in [-0.39, 0.29) is 11.8 Å². The Labute approximate surface area is 185 Å². The standard InChI is InChI=1S/C25H34N2O2S/c1-5-6-14-26-25(29)21(4)27(16-22-12-10-19(2)11-13-22)24(28)18-30-17-23-9-7-8-20(3)15-23/h7-13,15,21H,5-6,14,16-18H2,1-4H3,(H,26,29). The minimum atomic E-state index is -0.504. The maximum atomic E-state index is 13.1. The average Bonchev–Trinajstić information content (AvgIpc) is 2.73. The first-order valence-corrected chi connectivity index (χ1v) is 11.8. The van der Waals surface area contributed by atoms with Crippen molar-refractivity contribution in [1.82, 2.24) is 10.2 Å². The minimum absolute atomic E-state index is 0.00799. The van der Waals surface area contributed by atoms with E-state index < -0.39 is 6.04 Å². The summed E-state index contributed by atoms with van der Waals surface area (Å²) in [4.78, 5) is 27.4. The van der Waals surface area contributed by atoms with Gasteiger partial charge in [-0.3, -0.25) is 9.59 Å². The highest BCUT2D eigenvalue weighted by molar-refractivity contribution is 7.99. The number of benzene rings is 2. The molecule has 2 amide bonds. The molecule has 0 saturated heterocycles. The van der Waals surface area contributed by atoms with Gasteiger partial charge in [0.2, 0.25) is 11.8 Å². The summed E-state index contributed by atoms with van der Waals surface area (Å²) in [5, 5.41) is 2.96. The number of rotatable bonds is 11. The minimum Gasteiger partial charge on any atom is -0.354 e. The van der Waals surface area contributed by atoms with Crippen molar-refractivity contribution in [3.8, 4) is 0 Å². The van der Waals surface area contributed by atoms with E-state index in [4.69, 9.17) is 0 Å². The van der Waals surface area contributed by atoms with Crippen LogP contribution in [0.15, 0.2) is 48.5 Å². The van der Waals surface area contributed by atoms with Crippen LogP contribution in [-0.2, 0) is 21.9 Å². The van der Waals surface area contributed by atoms with Gasteiger partial charge in [-0.25, -0.2) is 0 Å². The lowest BCUT2D eigenvalue weighted by molar-refractivity contribution is -0.138. The molecule has 0 heterocycles. The van der Waals surface area contributed by atoms with Crippen LogP contribution >= 0.6 is 11.8 Å². The van der Waals surface area contributed by atoms with Gasteiger partial charge in [0, 0.05) is 18.8 Å². The van der Waals surface area contributed by atoms with E-state index in [1.165, 1.54) is 16.7 Å². The molecule has 1 atom stereocenters. The van der Waals surface area contributed by atoms with Crippen molar-refractivity contribution in [2.24, 2.45) is 0 Å². The molecule has 30 heavy (non-hydrogen) atoms. The maximum Gasteiger partial charge on any atom is 0.242 e. The zero-order valence-corrected chi connectivity index (χ0v) is 19.4. The van der Waals surface area contributed by atoms with Crippen LogP contribution in [0, 0.1) is 13.8 Å². The third kappa shape index (κ3) is 7.86. The lowest BCUT2D eigenvalue weighted by Crippen LogP contribution is -2.48. The van der Waals surface area contributed by atoms with Crippen LogP contribution in [0.5, 0.6) is 0 Å². The van der Waals surface area contributed by atoms with E-state index in [0.29, 0.717) is 18.8 Å². The fraction of sp³-hybridized carbons (Fsp3) is 0.440. The molecular weight excluding hydrogens is 392 g/mol. The van der Waals surface area contributed by atoms with Crippen LogP contribution in [-0.4, -0.2) is 35.1 Å². The first-order valence-electron chi connectivity index (χ1n) is 10.7. The fourth-order valence-corrected chi connectivity index (χ4v) is 4.01. The summed E-state index contributed by atoms with van der Waals surface area (Å²) in [5.41, 5.74) is 4.64. The van der Waals surface area contributed by atoms with Crippen molar-refractivity contribution in [3.05, 3.63) is 70.8 Å². The molecule has 1 unspecified atom stereocenters. The number of amides is 2. The Morgan fingerprint density at radius 1 is 1.03 bits per heavy atom. The van der Waals surface area contributed by atoms with E-state index in [9.17, 15) is 9.59 Å². The number of nitrogens with one attached hydrogen (secondary N) is 1. The summed E-state index contributed by atoms with van der Waals surface area (Å²) in [6.45, 7) is 9.10. The van der Waals surface area contributed by atoms with Gasteiger partial charge in [0.15, 0.2) is 0 Å². The monoisotopic (exact) mass is 426 g/mol. The Hall–Kier alpha value is -2.27. The summed E-state index contributed by atoms with van der Waals surface area (Å²) in [6.07, 6.45) is 1.97. The largest absolute Gasteiger partial charge is 0.354 e. The molecular formula is C25H34N2O2S. The molecule has 2 rings (SSSR count). The van der Waals surface area contributed by atoms with Crippen molar-refractivity contribution < 1.29 is 9.59 Å². The Morgan fingerprint density at radius 2 is 1.77 bits per heavy atom. The smallest absolute Gasteiger partial charge is 0.242 e. The van der Waals surface area contributed by atoms with Gasteiger partial charge >= 0.3 is 0 Å². The summed E-state index contributed by atoms with van der Waals surface area (Å²) in [5.74, 6) is 1.04. The van der Waals surface area contributed by atoms with Crippen molar-refractivity contribution in [1.29, 1.82) is 0 Å². The number of carbonyl (C=O) groups excluding carboxylic acids is 2. The highest BCUT2D eigenvalue weighted by Crippen LogP contribution is 2.17. The Kier molecular flexibility index (Phi) is 9.95. The Morgan fingerprint density at radius 3 is 2.43 bits per heavy atom. The summed E-state index contributed by atoms with van der Waals surface area (Å²) in [6, 6.07) is 16.0. The van der Waals surface area contributed by atoms with Gasteiger partial charge in [-0.15, -0.1) is 11.8 Å². The molecule has 0 aliphatic carbocycles. The normalized spacial score (nSPS) is 11.7. The lowest BCUT2D eigenvalue weighted by atomic mass is 10.1. The van der Waals surface area contributed by atoms with Gasteiger partial charge < -0.3 is 10.2 Å².